The molecule has 1 unspecified atom stereocenters. The first-order valence-corrected chi connectivity index (χ1v) is 6.96. The van der Waals surface area contributed by atoms with Crippen LogP contribution >= 0.6 is 11.6 Å². The summed E-state index contributed by atoms with van der Waals surface area (Å²) in [6.07, 6.45) is -3.57. The fraction of sp³-hybridized carbons (Fsp3) is 0.467. The minimum Gasteiger partial charge on any atom is -0.464 e. The molecule has 6 heteroatoms. The Kier molecular flexibility index (Phi) is 4.33. The van der Waals surface area contributed by atoms with Crippen molar-refractivity contribution in [3.05, 3.63) is 34.3 Å². The van der Waals surface area contributed by atoms with E-state index in [1.54, 1.807) is 13.8 Å². The summed E-state index contributed by atoms with van der Waals surface area (Å²) < 4.78 is 32.0. The van der Waals surface area contributed by atoms with Crippen molar-refractivity contribution in [1.82, 2.24) is 0 Å². The number of alkyl halides is 2. The number of ketones is 1. The van der Waals surface area contributed by atoms with Crippen molar-refractivity contribution in [3.63, 3.8) is 0 Å². The maximum absolute atomic E-state index is 13.6. The fourth-order valence-corrected chi connectivity index (χ4v) is 2.59. The van der Waals surface area contributed by atoms with Crippen LogP contribution in [-0.4, -0.2) is 24.8 Å². The van der Waals surface area contributed by atoms with E-state index in [1.807, 2.05) is 0 Å². The summed E-state index contributed by atoms with van der Waals surface area (Å²) in [7, 11) is 0. The van der Waals surface area contributed by atoms with Crippen molar-refractivity contribution in [2.45, 2.75) is 26.7 Å². The molecule has 1 aliphatic rings. The van der Waals surface area contributed by atoms with Crippen LogP contribution in [0.25, 0.3) is 0 Å². The molecule has 0 bridgehead atoms. The monoisotopic (exact) mass is 316 g/mol. The van der Waals surface area contributed by atoms with Crippen LogP contribution in [0.4, 0.5) is 8.78 Å². The number of carbonyl (C=O) groups is 2. The average Bonchev–Trinajstić information content (AvgIpc) is 2.72. The first kappa shape index (κ1) is 15.9. The lowest BCUT2D eigenvalue weighted by atomic mass is 9.84. The predicted octanol–water partition coefficient (Wildman–Crippen LogP) is 3.53. The predicted molar refractivity (Wildman–Crippen MR) is 73.7 cm³/mol. The Balaban J connectivity index is 2.40. The molecular formula is C15H15ClF2O3. The van der Waals surface area contributed by atoms with Gasteiger partial charge in [-0.05, 0) is 17.5 Å². The zero-order chi connectivity index (χ0) is 15.8. The van der Waals surface area contributed by atoms with Crippen molar-refractivity contribution in [3.8, 4) is 0 Å². The minimum atomic E-state index is -3.15. The standard InChI is InChI=1S/C15H15ClF2O3/c1-8(2)7-21-14(20)15(13(17)18)6-10-9(12(15)19)4-3-5-11(10)16/h3-5,8,13H,6-7H2,1-2H3. The van der Waals surface area contributed by atoms with Crippen LogP contribution in [-0.2, 0) is 16.0 Å². The van der Waals surface area contributed by atoms with E-state index in [0.717, 1.165) is 0 Å². The maximum atomic E-state index is 13.6. The van der Waals surface area contributed by atoms with E-state index in [2.05, 4.69) is 0 Å². The number of hydrogen-bond acceptors (Lipinski definition) is 3. The smallest absolute Gasteiger partial charge is 0.326 e. The lowest BCUT2D eigenvalue weighted by molar-refractivity contribution is -0.161. The van der Waals surface area contributed by atoms with Crippen LogP contribution in [0.3, 0.4) is 0 Å². The van der Waals surface area contributed by atoms with Gasteiger partial charge < -0.3 is 4.74 Å². The lowest BCUT2D eigenvalue weighted by Crippen LogP contribution is -2.45. The van der Waals surface area contributed by atoms with E-state index in [4.69, 9.17) is 16.3 Å². The highest BCUT2D eigenvalue weighted by molar-refractivity contribution is 6.33. The first-order chi connectivity index (χ1) is 9.80. The number of Topliss-reactive ketones (excluding diaryl/α,β-unsaturated/α-hetero) is 1. The summed E-state index contributed by atoms with van der Waals surface area (Å²) in [6.45, 7) is 3.56. The summed E-state index contributed by atoms with van der Waals surface area (Å²) in [5, 5.41) is 0.208. The zero-order valence-electron chi connectivity index (χ0n) is 11.7. The van der Waals surface area contributed by atoms with Crippen LogP contribution in [0.2, 0.25) is 5.02 Å². The number of carbonyl (C=O) groups excluding carboxylic acids is 2. The highest BCUT2D eigenvalue weighted by Crippen LogP contribution is 2.44. The Labute approximate surface area is 126 Å². The summed E-state index contributed by atoms with van der Waals surface area (Å²) >= 11 is 5.95. The van der Waals surface area contributed by atoms with Crippen molar-refractivity contribution < 1.29 is 23.1 Å². The summed E-state index contributed by atoms with van der Waals surface area (Å²) in [4.78, 5) is 24.5. The number of rotatable bonds is 4. The molecule has 0 fully saturated rings. The molecule has 1 aromatic carbocycles. The number of benzene rings is 1. The number of esters is 1. The molecule has 1 atom stereocenters. The Morgan fingerprint density at radius 2 is 2.10 bits per heavy atom. The van der Waals surface area contributed by atoms with Gasteiger partial charge in [-0.3, -0.25) is 9.59 Å². The second-order valence-corrected chi connectivity index (χ2v) is 5.94. The fourth-order valence-electron chi connectivity index (χ4n) is 2.35. The van der Waals surface area contributed by atoms with Gasteiger partial charge in [-0.1, -0.05) is 37.6 Å². The van der Waals surface area contributed by atoms with E-state index in [-0.39, 0.29) is 28.7 Å². The number of ether oxygens (including phenoxy) is 1. The van der Waals surface area contributed by atoms with Crippen molar-refractivity contribution in [1.29, 1.82) is 0 Å². The molecular weight excluding hydrogens is 302 g/mol. The van der Waals surface area contributed by atoms with Gasteiger partial charge in [0.05, 0.1) is 6.61 Å². The molecule has 3 nitrogen and oxygen atoms in total. The molecule has 0 saturated carbocycles. The Bertz CT molecular complexity index is 586. The molecule has 0 aromatic heterocycles. The molecule has 0 heterocycles. The van der Waals surface area contributed by atoms with E-state index in [9.17, 15) is 18.4 Å². The molecule has 1 aromatic rings. The van der Waals surface area contributed by atoms with E-state index in [1.165, 1.54) is 18.2 Å². The van der Waals surface area contributed by atoms with Gasteiger partial charge in [-0.15, -0.1) is 0 Å². The van der Waals surface area contributed by atoms with Crippen LogP contribution < -0.4 is 0 Å². The molecule has 0 saturated heterocycles. The molecule has 0 N–H and O–H groups in total. The van der Waals surface area contributed by atoms with Gasteiger partial charge in [0, 0.05) is 17.0 Å². The van der Waals surface area contributed by atoms with Gasteiger partial charge >= 0.3 is 5.97 Å². The van der Waals surface area contributed by atoms with Crippen molar-refractivity contribution in [2.24, 2.45) is 11.3 Å². The number of halogens is 3. The van der Waals surface area contributed by atoms with Crippen LogP contribution in [0, 0.1) is 11.3 Å². The highest BCUT2D eigenvalue weighted by atomic mass is 35.5. The van der Waals surface area contributed by atoms with Gasteiger partial charge in [-0.25, -0.2) is 8.78 Å². The van der Waals surface area contributed by atoms with Crippen molar-refractivity contribution in [2.75, 3.05) is 6.61 Å². The molecule has 21 heavy (non-hydrogen) atoms. The van der Waals surface area contributed by atoms with E-state index in [0.29, 0.717) is 0 Å². The largest absolute Gasteiger partial charge is 0.464 e. The third-order valence-electron chi connectivity index (χ3n) is 3.51. The number of fused-ring (bicyclic) bond motifs is 1. The summed E-state index contributed by atoms with van der Waals surface area (Å²) in [5.74, 6) is -2.10. The van der Waals surface area contributed by atoms with Gasteiger partial charge in [0.2, 0.25) is 0 Å². The van der Waals surface area contributed by atoms with Gasteiger partial charge in [0.25, 0.3) is 6.43 Å². The summed E-state index contributed by atoms with van der Waals surface area (Å²) in [5.41, 5.74) is -2.11. The van der Waals surface area contributed by atoms with Gasteiger partial charge in [0.1, 0.15) is 0 Å². The quantitative estimate of drug-likeness (QED) is 0.630. The van der Waals surface area contributed by atoms with E-state index < -0.39 is 30.0 Å². The first-order valence-electron chi connectivity index (χ1n) is 6.58. The topological polar surface area (TPSA) is 43.4 Å². The molecule has 2 rings (SSSR count). The Morgan fingerprint density at radius 3 is 2.62 bits per heavy atom. The molecule has 0 spiro atoms. The molecule has 0 aliphatic heterocycles. The molecule has 0 amide bonds. The molecule has 0 radical (unpaired) electrons. The van der Waals surface area contributed by atoms with Gasteiger partial charge in [0.15, 0.2) is 11.2 Å². The normalized spacial score (nSPS) is 21.0. The second-order valence-electron chi connectivity index (χ2n) is 5.54. The van der Waals surface area contributed by atoms with E-state index >= 15 is 0 Å². The van der Waals surface area contributed by atoms with Crippen LogP contribution in [0.1, 0.15) is 29.8 Å². The third kappa shape index (κ3) is 2.55. The van der Waals surface area contributed by atoms with Crippen molar-refractivity contribution >= 4 is 23.4 Å². The lowest BCUT2D eigenvalue weighted by Gasteiger charge is -2.24. The SMILES string of the molecule is CC(C)COC(=O)C1(C(F)F)Cc2c(Cl)cccc2C1=O. The second kappa shape index (κ2) is 5.72. The highest BCUT2D eigenvalue weighted by Gasteiger charge is 2.60. The third-order valence-corrected chi connectivity index (χ3v) is 3.86. The zero-order valence-corrected chi connectivity index (χ0v) is 12.4. The van der Waals surface area contributed by atoms with Crippen LogP contribution in [0.5, 0.6) is 0 Å². The molecule has 114 valence electrons. The number of hydrogen-bond donors (Lipinski definition) is 0. The Morgan fingerprint density at radius 1 is 1.43 bits per heavy atom. The minimum absolute atomic E-state index is 0.00820. The van der Waals surface area contributed by atoms with Gasteiger partial charge in [-0.2, -0.15) is 0 Å². The molecule has 1 aliphatic carbocycles. The summed E-state index contributed by atoms with van der Waals surface area (Å²) in [6, 6.07) is 4.41. The maximum Gasteiger partial charge on any atom is 0.326 e. The van der Waals surface area contributed by atoms with Crippen LogP contribution in [0.15, 0.2) is 18.2 Å². The average molecular weight is 317 g/mol. The Hall–Kier alpha value is -1.49.